The van der Waals surface area contributed by atoms with Crippen molar-refractivity contribution in [2.24, 2.45) is 4.99 Å². The number of nitrogens with zero attached hydrogens (tertiary/aromatic N) is 8. The van der Waals surface area contributed by atoms with E-state index in [0.29, 0.717) is 0 Å². The van der Waals surface area contributed by atoms with E-state index in [9.17, 15) is 0 Å². The molecule has 0 aliphatic carbocycles. The van der Waals surface area contributed by atoms with Crippen LogP contribution in [0.1, 0.15) is 63.6 Å². The molecular weight excluding hydrogens is 699 g/mol. The third kappa shape index (κ3) is 7.06. The molecule has 0 unspecified atom stereocenters. The molecular formula is C48H45BN8. The first-order valence-corrected chi connectivity index (χ1v) is 19.6. The van der Waals surface area contributed by atoms with Crippen LogP contribution in [0, 0.1) is 13.8 Å². The van der Waals surface area contributed by atoms with Crippen LogP contribution in [0.2, 0.25) is 0 Å². The van der Waals surface area contributed by atoms with E-state index in [1.165, 1.54) is 28.0 Å². The summed E-state index contributed by atoms with van der Waals surface area (Å²) in [5.74, 6) is 0. The Labute approximate surface area is 335 Å². The number of hydrogen-bond donors (Lipinski definition) is 0. The van der Waals surface area contributed by atoms with Crippen molar-refractivity contribution in [3.05, 3.63) is 161 Å². The van der Waals surface area contributed by atoms with Crippen LogP contribution in [0.15, 0.2) is 144 Å². The van der Waals surface area contributed by atoms with Crippen LogP contribution < -0.4 is 10.9 Å². The van der Waals surface area contributed by atoms with Crippen molar-refractivity contribution in [3.63, 3.8) is 0 Å². The van der Waals surface area contributed by atoms with Crippen molar-refractivity contribution in [2.45, 2.75) is 61.3 Å². The Hall–Kier alpha value is -6.61. The minimum absolute atomic E-state index is 0.350. The van der Waals surface area contributed by atoms with Crippen LogP contribution in [0.3, 0.4) is 0 Å². The van der Waals surface area contributed by atoms with Crippen molar-refractivity contribution in [1.82, 2.24) is 34.4 Å². The van der Waals surface area contributed by atoms with Gasteiger partial charge in [-0.05, 0) is 159 Å². The second kappa shape index (κ2) is 15.9. The van der Waals surface area contributed by atoms with Crippen molar-refractivity contribution < 1.29 is 0 Å². The molecule has 0 saturated heterocycles. The second-order valence-electron chi connectivity index (χ2n) is 14.5. The molecule has 0 fully saturated rings. The summed E-state index contributed by atoms with van der Waals surface area (Å²) < 4.78 is 2.53. The highest BCUT2D eigenvalue weighted by Gasteiger charge is 2.33. The van der Waals surface area contributed by atoms with Gasteiger partial charge in [0.2, 0.25) is 0 Å². The third-order valence-corrected chi connectivity index (χ3v) is 11.1. The average molecular weight is 745 g/mol. The van der Waals surface area contributed by atoms with E-state index in [-0.39, 0.29) is 6.85 Å². The molecule has 1 aliphatic rings. The van der Waals surface area contributed by atoms with Gasteiger partial charge in [-0.1, -0.05) is 38.1 Å². The molecule has 7 aromatic heterocycles. The van der Waals surface area contributed by atoms with E-state index >= 15 is 0 Å². The van der Waals surface area contributed by atoms with Crippen molar-refractivity contribution >= 4 is 29.1 Å². The zero-order valence-corrected chi connectivity index (χ0v) is 33.6. The first kappa shape index (κ1) is 37.3. The smallest absolute Gasteiger partial charge is 0.328 e. The first-order valence-electron chi connectivity index (χ1n) is 19.6. The molecule has 9 heteroatoms. The van der Waals surface area contributed by atoms with Gasteiger partial charge in [-0.15, -0.1) is 0 Å². The van der Waals surface area contributed by atoms with Crippen LogP contribution >= 0.6 is 0 Å². The summed E-state index contributed by atoms with van der Waals surface area (Å²) in [4.78, 5) is 34.7. The summed E-state index contributed by atoms with van der Waals surface area (Å²) in [5.41, 5.74) is 19.0. The number of pyridine rings is 6. The molecule has 0 radical (unpaired) electrons. The van der Waals surface area contributed by atoms with Gasteiger partial charge in [-0.3, -0.25) is 24.9 Å². The Balaban J connectivity index is 1.50. The standard InChI is InChI=1S/C48H45BN8/c1-8-37-30(3)47(54-33(37)6)32(5)48-31(4)38(9-2)34(7)57(48)49(35-26-43(39-18-10-14-22-50-39)55-44(27-35)40-19-11-15-23-51-40)36-28-45(41-20-12-16-24-52-41)56-46(29-36)42-21-13-17-25-53-42/h10-29H,8-9H2,1-7H3/b47-32+. The molecule has 57 heavy (non-hydrogen) atoms. The van der Waals surface area contributed by atoms with Crippen LogP contribution in [0.25, 0.3) is 51.1 Å². The maximum atomic E-state index is 5.22. The SMILES string of the molecule is CCC1=C(C)/C(=C(/C)c2c(C)c(CC)c(C)n2B(c2cc(-c3ccccn3)nc(-c3ccccn3)c2)c2cc(-c3ccccn3)nc(-c3ccccn3)c2)N=C1C. The van der Waals surface area contributed by atoms with Gasteiger partial charge in [0.15, 0.2) is 0 Å². The summed E-state index contributed by atoms with van der Waals surface area (Å²) in [6, 6.07) is 32.5. The number of allylic oxidation sites excluding steroid dienone is 3. The summed E-state index contributed by atoms with van der Waals surface area (Å²) in [7, 11) is 0. The molecule has 0 aromatic carbocycles. The average Bonchev–Trinajstić information content (AvgIpc) is 3.69. The van der Waals surface area contributed by atoms with E-state index in [0.717, 1.165) is 92.0 Å². The van der Waals surface area contributed by atoms with Crippen LogP contribution in [0.5, 0.6) is 0 Å². The molecule has 8 nitrogen and oxygen atoms in total. The van der Waals surface area contributed by atoms with E-state index in [2.05, 4.69) is 77.2 Å². The maximum Gasteiger partial charge on any atom is 0.328 e. The molecule has 0 amide bonds. The van der Waals surface area contributed by atoms with E-state index in [1.54, 1.807) is 0 Å². The van der Waals surface area contributed by atoms with Gasteiger partial charge in [0.1, 0.15) is 0 Å². The first-order chi connectivity index (χ1) is 27.8. The maximum absolute atomic E-state index is 5.22. The lowest BCUT2D eigenvalue weighted by Gasteiger charge is -2.25. The lowest BCUT2D eigenvalue weighted by atomic mass is 9.49. The summed E-state index contributed by atoms with van der Waals surface area (Å²) in [5, 5.41) is 0. The zero-order valence-electron chi connectivity index (χ0n) is 33.6. The monoisotopic (exact) mass is 744 g/mol. The Morgan fingerprint density at radius 1 is 0.561 bits per heavy atom. The van der Waals surface area contributed by atoms with Crippen LogP contribution in [-0.4, -0.2) is 46.9 Å². The Morgan fingerprint density at radius 2 is 0.982 bits per heavy atom. The molecule has 280 valence electrons. The quantitative estimate of drug-likeness (QED) is 0.130. The highest BCUT2D eigenvalue weighted by Crippen LogP contribution is 2.37. The molecule has 7 aromatic rings. The predicted octanol–water partition coefficient (Wildman–Crippen LogP) is 9.29. The molecule has 0 bridgehead atoms. The Kier molecular flexibility index (Phi) is 10.4. The minimum atomic E-state index is -0.350. The molecule has 0 spiro atoms. The zero-order chi connectivity index (χ0) is 39.6. The highest BCUT2D eigenvalue weighted by molar-refractivity contribution is 6.84. The minimum Gasteiger partial charge on any atom is -0.380 e. The highest BCUT2D eigenvalue weighted by atomic mass is 15.0. The molecule has 1 aliphatic heterocycles. The lowest BCUT2D eigenvalue weighted by Crippen LogP contribution is -2.50. The molecule has 8 heterocycles. The topological polar surface area (TPSA) is 94.6 Å². The van der Waals surface area contributed by atoms with Gasteiger partial charge in [-0.2, -0.15) is 0 Å². The number of hydrogen-bond acceptors (Lipinski definition) is 7. The fourth-order valence-electron chi connectivity index (χ4n) is 8.44. The van der Waals surface area contributed by atoms with Crippen molar-refractivity contribution in [1.29, 1.82) is 0 Å². The molecule has 8 rings (SSSR count). The fraction of sp³-hybridized carbons (Fsp3) is 0.188. The normalized spacial score (nSPS) is 13.6. The van der Waals surface area contributed by atoms with Crippen molar-refractivity contribution in [2.75, 3.05) is 0 Å². The van der Waals surface area contributed by atoms with Gasteiger partial charge >= 0.3 is 6.85 Å². The largest absolute Gasteiger partial charge is 0.380 e. The molecule has 0 saturated carbocycles. The van der Waals surface area contributed by atoms with Crippen molar-refractivity contribution in [3.8, 4) is 45.6 Å². The summed E-state index contributed by atoms with van der Waals surface area (Å²) >= 11 is 0. The Bertz CT molecular complexity index is 2440. The second-order valence-corrected chi connectivity index (χ2v) is 14.5. The molecule has 0 atom stereocenters. The van der Waals surface area contributed by atoms with Gasteiger partial charge < -0.3 is 4.48 Å². The lowest BCUT2D eigenvalue weighted by molar-refractivity contribution is 1.04. The summed E-state index contributed by atoms with van der Waals surface area (Å²) in [6.45, 7) is 15.2. The van der Waals surface area contributed by atoms with E-state index < -0.39 is 0 Å². The molecule has 0 N–H and O–H groups in total. The van der Waals surface area contributed by atoms with Gasteiger partial charge in [-0.25, -0.2) is 9.97 Å². The third-order valence-electron chi connectivity index (χ3n) is 11.1. The van der Waals surface area contributed by atoms with Gasteiger partial charge in [0.25, 0.3) is 0 Å². The number of aliphatic imine (C=N–C) groups is 1. The van der Waals surface area contributed by atoms with E-state index in [1.807, 2.05) is 97.6 Å². The summed E-state index contributed by atoms with van der Waals surface area (Å²) in [6.07, 6.45) is 9.07. The van der Waals surface area contributed by atoms with E-state index in [4.69, 9.17) is 34.9 Å². The predicted molar refractivity (Wildman–Crippen MR) is 234 cm³/mol. The van der Waals surface area contributed by atoms with Crippen LogP contribution in [-0.2, 0) is 6.42 Å². The number of rotatable bonds is 10. The Morgan fingerprint density at radius 3 is 1.32 bits per heavy atom. The number of aromatic nitrogens is 7. The van der Waals surface area contributed by atoms with Gasteiger partial charge in [0.05, 0.1) is 51.2 Å². The van der Waals surface area contributed by atoms with Crippen LogP contribution in [0.4, 0.5) is 0 Å². The fourth-order valence-corrected chi connectivity index (χ4v) is 8.44. The van der Waals surface area contributed by atoms with Gasteiger partial charge in [0, 0.05) is 41.9 Å².